The van der Waals surface area contributed by atoms with Gasteiger partial charge in [0.25, 0.3) is 0 Å². The first-order chi connectivity index (χ1) is 15.2. The molecule has 3 heterocycles. The number of aromatic amines is 1. The predicted molar refractivity (Wildman–Crippen MR) is 124 cm³/mol. The summed E-state index contributed by atoms with van der Waals surface area (Å²) in [6.07, 6.45) is 19.6. The lowest BCUT2D eigenvalue weighted by Gasteiger charge is -1.98. The molecule has 0 aliphatic carbocycles. The van der Waals surface area contributed by atoms with Gasteiger partial charge in [-0.25, -0.2) is 0 Å². The number of rotatable bonds is 4. The summed E-state index contributed by atoms with van der Waals surface area (Å²) in [4.78, 5) is 11.9. The highest BCUT2D eigenvalue weighted by Crippen LogP contribution is 2.28. The second kappa shape index (κ2) is 9.40. The lowest BCUT2D eigenvalue weighted by molar-refractivity contribution is -0.673. The molecule has 0 amide bonds. The number of fused-ring (bicyclic) bond motifs is 3. The Morgan fingerprint density at radius 2 is 1.16 bits per heavy atom. The fourth-order valence-electron chi connectivity index (χ4n) is 3.69. The number of aryl methyl sites for hydroxylation is 2. The molecule has 0 bridgehead atoms. The molecule has 0 fully saturated rings. The van der Waals surface area contributed by atoms with Crippen molar-refractivity contribution in [2.24, 2.45) is 14.1 Å². The average molecular weight is 532 g/mol. The van der Waals surface area contributed by atoms with Gasteiger partial charge in [-0.15, -0.1) is 0 Å². The number of hydrogen-bond donors (Lipinski definition) is 1. The van der Waals surface area contributed by atoms with Crippen LogP contribution >= 0.6 is 0 Å². The van der Waals surface area contributed by atoms with Crippen molar-refractivity contribution >= 4 is 46.1 Å². The molecule has 0 aliphatic rings. The summed E-state index contributed by atoms with van der Waals surface area (Å²) in [6, 6.07) is 13.0. The molecular weight excluding hydrogens is 509 g/mol. The number of benzene rings is 2. The van der Waals surface area contributed by atoms with Crippen LogP contribution in [0.5, 0.6) is 0 Å². The van der Waals surface area contributed by atoms with Crippen molar-refractivity contribution in [2.45, 2.75) is 0 Å². The van der Waals surface area contributed by atoms with Crippen LogP contribution in [0, 0.1) is 0 Å². The molecule has 2 aromatic carbocycles. The first kappa shape index (κ1) is 21.8. The molecule has 0 saturated heterocycles. The van der Waals surface area contributed by atoms with Crippen molar-refractivity contribution in [2.75, 3.05) is 0 Å². The number of hydrogen-bond acceptors (Lipinski definition) is 2. The molecule has 6 heteroatoms. The summed E-state index contributed by atoms with van der Waals surface area (Å²) in [5.74, 6) is 0. The van der Waals surface area contributed by atoms with Crippen LogP contribution in [0.4, 0.5) is 0 Å². The Hall–Kier alpha value is -3.39. The van der Waals surface area contributed by atoms with Gasteiger partial charge in [-0.3, -0.25) is 9.97 Å². The SMILES string of the molecule is C[n+]1ccncc1C=Cc1ccc2[nH]c3ccc(C=Cc4cncc[n+]4C)cc3c2c1.[I-]. The van der Waals surface area contributed by atoms with Gasteiger partial charge in [-0.2, -0.15) is 9.13 Å². The maximum atomic E-state index is 4.21. The van der Waals surface area contributed by atoms with Gasteiger partial charge in [0.15, 0.2) is 12.4 Å². The van der Waals surface area contributed by atoms with E-state index in [1.807, 2.05) is 38.9 Å². The third-order valence-electron chi connectivity index (χ3n) is 5.52. The Balaban J connectivity index is 0.00000245. The van der Waals surface area contributed by atoms with Crippen molar-refractivity contribution in [3.05, 3.63) is 96.1 Å². The fraction of sp³-hybridized carbons (Fsp3) is 0.0769. The first-order valence-corrected chi connectivity index (χ1v) is 10.2. The first-order valence-electron chi connectivity index (χ1n) is 10.2. The van der Waals surface area contributed by atoms with Gasteiger partial charge in [0.2, 0.25) is 11.4 Å². The normalized spacial score (nSPS) is 11.6. The minimum absolute atomic E-state index is 0. The van der Waals surface area contributed by atoms with Gasteiger partial charge in [0.05, 0.1) is 24.8 Å². The van der Waals surface area contributed by atoms with Gasteiger partial charge in [0.1, 0.15) is 14.1 Å². The number of nitrogens with one attached hydrogen (secondary N) is 1. The smallest absolute Gasteiger partial charge is 0.223 e. The van der Waals surface area contributed by atoms with Crippen LogP contribution in [0.2, 0.25) is 0 Å². The third kappa shape index (κ3) is 4.45. The minimum atomic E-state index is 0. The van der Waals surface area contributed by atoms with Crippen molar-refractivity contribution in [1.29, 1.82) is 0 Å². The summed E-state index contributed by atoms with van der Waals surface area (Å²) >= 11 is 0. The maximum absolute atomic E-state index is 4.21. The number of halogens is 1. The Morgan fingerprint density at radius 1 is 0.688 bits per heavy atom. The summed E-state index contributed by atoms with van der Waals surface area (Å²) in [5, 5.41) is 2.43. The minimum Gasteiger partial charge on any atom is -1.00 e. The zero-order valence-corrected chi connectivity index (χ0v) is 20.1. The van der Waals surface area contributed by atoms with E-state index in [2.05, 4.69) is 84.8 Å². The summed E-state index contributed by atoms with van der Waals surface area (Å²) in [7, 11) is 4.04. The second-order valence-corrected chi connectivity index (χ2v) is 7.63. The predicted octanol–water partition coefficient (Wildman–Crippen LogP) is 1.10. The molecule has 0 unspecified atom stereocenters. The number of H-pyrrole nitrogens is 1. The van der Waals surface area contributed by atoms with Crippen LogP contribution in [-0.4, -0.2) is 15.0 Å². The molecule has 0 atom stereocenters. The third-order valence-corrected chi connectivity index (χ3v) is 5.52. The largest absolute Gasteiger partial charge is 1.00 e. The highest BCUT2D eigenvalue weighted by molar-refractivity contribution is 6.08. The Labute approximate surface area is 203 Å². The maximum Gasteiger partial charge on any atom is 0.223 e. The molecule has 0 aliphatic heterocycles. The summed E-state index contributed by atoms with van der Waals surface area (Å²) in [6.45, 7) is 0. The average Bonchev–Trinajstić information content (AvgIpc) is 3.15. The lowest BCUT2D eigenvalue weighted by atomic mass is 10.1. The highest BCUT2D eigenvalue weighted by Gasteiger charge is 2.07. The Bertz CT molecular complexity index is 1360. The van der Waals surface area contributed by atoms with Gasteiger partial charge in [-0.05, 0) is 47.5 Å². The molecule has 5 aromatic rings. The van der Waals surface area contributed by atoms with Gasteiger partial charge in [-0.1, -0.05) is 12.1 Å². The van der Waals surface area contributed by atoms with Crippen LogP contribution < -0.4 is 33.1 Å². The van der Waals surface area contributed by atoms with E-state index in [0.717, 1.165) is 33.5 Å². The quantitative estimate of drug-likeness (QED) is 0.279. The zero-order chi connectivity index (χ0) is 21.2. The van der Waals surface area contributed by atoms with Gasteiger partial charge >= 0.3 is 0 Å². The molecular formula is C26H23IN5+. The van der Waals surface area contributed by atoms with E-state index in [4.69, 9.17) is 0 Å². The van der Waals surface area contributed by atoms with Crippen molar-refractivity contribution < 1.29 is 33.1 Å². The molecule has 5 rings (SSSR count). The van der Waals surface area contributed by atoms with E-state index in [1.54, 1.807) is 12.4 Å². The van der Waals surface area contributed by atoms with E-state index in [0.29, 0.717) is 0 Å². The highest BCUT2D eigenvalue weighted by atomic mass is 127. The van der Waals surface area contributed by atoms with Crippen molar-refractivity contribution in [3.63, 3.8) is 0 Å². The van der Waals surface area contributed by atoms with Gasteiger partial charge < -0.3 is 29.0 Å². The van der Waals surface area contributed by atoms with E-state index < -0.39 is 0 Å². The molecule has 0 saturated carbocycles. The van der Waals surface area contributed by atoms with E-state index >= 15 is 0 Å². The van der Waals surface area contributed by atoms with Crippen LogP contribution in [0.15, 0.2) is 73.6 Å². The molecule has 5 nitrogen and oxygen atoms in total. The van der Waals surface area contributed by atoms with E-state index in [-0.39, 0.29) is 24.0 Å². The molecule has 0 radical (unpaired) electrons. The topological polar surface area (TPSA) is 49.3 Å². The van der Waals surface area contributed by atoms with Crippen LogP contribution in [0.1, 0.15) is 22.5 Å². The van der Waals surface area contributed by atoms with Crippen LogP contribution in [0.25, 0.3) is 46.1 Å². The summed E-state index contributed by atoms with van der Waals surface area (Å²) in [5.41, 5.74) is 6.69. The molecule has 0 spiro atoms. The zero-order valence-electron chi connectivity index (χ0n) is 17.9. The summed E-state index contributed by atoms with van der Waals surface area (Å²) < 4.78 is 4.10. The fourth-order valence-corrected chi connectivity index (χ4v) is 3.69. The van der Waals surface area contributed by atoms with E-state index in [1.165, 1.54) is 10.8 Å². The standard InChI is InChI=1S/C26H22N5.HI/c1-30-13-11-27-17-21(30)7-3-19-5-9-25-23(15-19)24-16-20(6-10-26(24)29-25)4-8-22-18-28-12-14-31(22)2;/h3-18H,1-2H3;1H/q+1;. The molecule has 3 aromatic heterocycles. The van der Waals surface area contributed by atoms with Crippen LogP contribution in [0.3, 0.4) is 0 Å². The van der Waals surface area contributed by atoms with Crippen LogP contribution in [-0.2, 0) is 14.1 Å². The second-order valence-electron chi connectivity index (χ2n) is 7.63. The Kier molecular flexibility index (Phi) is 6.41. The molecule has 158 valence electrons. The monoisotopic (exact) mass is 532 g/mol. The van der Waals surface area contributed by atoms with E-state index in [9.17, 15) is 0 Å². The number of nitrogens with zero attached hydrogens (tertiary/aromatic N) is 4. The van der Waals surface area contributed by atoms with Crippen molar-refractivity contribution in [3.8, 4) is 0 Å². The van der Waals surface area contributed by atoms with Gasteiger partial charge in [0, 0.05) is 34.0 Å². The lowest BCUT2D eigenvalue weighted by Crippen LogP contribution is -3.00. The Morgan fingerprint density at radius 3 is 1.59 bits per heavy atom. The number of aromatic nitrogens is 5. The molecule has 1 N–H and O–H groups in total. The molecule has 32 heavy (non-hydrogen) atoms. The van der Waals surface area contributed by atoms with Crippen molar-refractivity contribution in [1.82, 2.24) is 15.0 Å².